The molecule has 0 radical (unpaired) electrons. The Morgan fingerprint density at radius 3 is 2.88 bits per heavy atom. The number of piperidine rings is 1. The van der Waals surface area contributed by atoms with Crippen LogP contribution in [0.15, 0.2) is 35.0 Å². The summed E-state index contributed by atoms with van der Waals surface area (Å²) in [7, 11) is 0. The van der Waals surface area contributed by atoms with Crippen molar-refractivity contribution < 1.29 is 8.91 Å². The molecule has 0 bridgehead atoms. The van der Waals surface area contributed by atoms with Gasteiger partial charge in [0.2, 0.25) is 0 Å². The molecule has 136 valence electrons. The van der Waals surface area contributed by atoms with Gasteiger partial charge in [-0.3, -0.25) is 10.00 Å². The van der Waals surface area contributed by atoms with Crippen LogP contribution in [-0.2, 0) is 6.54 Å². The van der Waals surface area contributed by atoms with Crippen LogP contribution in [0.25, 0.3) is 11.3 Å². The van der Waals surface area contributed by atoms with E-state index in [0.29, 0.717) is 6.54 Å². The minimum absolute atomic E-state index is 0.150. The van der Waals surface area contributed by atoms with Crippen LogP contribution in [0.3, 0.4) is 0 Å². The summed E-state index contributed by atoms with van der Waals surface area (Å²) >= 11 is 0. The Morgan fingerprint density at radius 1 is 1.27 bits per heavy atom. The van der Waals surface area contributed by atoms with Crippen LogP contribution in [0.4, 0.5) is 4.39 Å². The number of aryl methyl sites for hydroxylation is 1. The molecule has 1 aliphatic heterocycles. The number of H-pyrrole nitrogens is 1. The maximum atomic E-state index is 14.1. The summed E-state index contributed by atoms with van der Waals surface area (Å²) in [6.07, 6.45) is 5.08. The second kappa shape index (κ2) is 7.03. The average molecular weight is 354 g/mol. The molecule has 0 amide bonds. The Kier molecular flexibility index (Phi) is 4.59. The summed E-state index contributed by atoms with van der Waals surface area (Å²) in [6.45, 7) is 5.47. The lowest BCUT2D eigenvalue weighted by Gasteiger charge is -2.35. The van der Waals surface area contributed by atoms with Gasteiger partial charge in [-0.25, -0.2) is 4.39 Å². The SMILES string of the molecule is Cc1noc(-c2cn[nH]c2C2CCCCN2Cc2ccccc2F)c1C. The van der Waals surface area contributed by atoms with E-state index in [-0.39, 0.29) is 11.9 Å². The predicted octanol–water partition coefficient (Wildman–Crippen LogP) is 4.55. The minimum atomic E-state index is -0.150. The van der Waals surface area contributed by atoms with Gasteiger partial charge in [0.05, 0.1) is 29.2 Å². The normalized spacial score (nSPS) is 18.3. The summed E-state index contributed by atoms with van der Waals surface area (Å²) in [4.78, 5) is 2.33. The number of likely N-dealkylation sites (tertiary alicyclic amines) is 1. The number of nitrogens with zero attached hydrogens (tertiary/aromatic N) is 3. The van der Waals surface area contributed by atoms with E-state index in [0.717, 1.165) is 59.6 Å². The van der Waals surface area contributed by atoms with Gasteiger partial charge in [-0.05, 0) is 39.3 Å². The second-order valence-corrected chi connectivity index (χ2v) is 6.99. The fourth-order valence-corrected chi connectivity index (χ4v) is 3.75. The standard InChI is InChI=1S/C20H23FN4O/c1-13-14(2)24-26-20(13)16-11-22-23-19(16)18-9-5-6-10-25(18)12-15-7-3-4-8-17(15)21/h3-4,7-8,11,18H,5-6,9-10,12H2,1-2H3,(H,22,23). The van der Waals surface area contributed by atoms with Crippen molar-refractivity contribution in [3.8, 4) is 11.3 Å². The van der Waals surface area contributed by atoms with Gasteiger partial charge in [0, 0.05) is 17.7 Å². The van der Waals surface area contributed by atoms with E-state index in [1.54, 1.807) is 12.3 Å². The first-order chi connectivity index (χ1) is 12.6. The number of hydrogen-bond acceptors (Lipinski definition) is 4. The first kappa shape index (κ1) is 17.0. The average Bonchev–Trinajstić information content (AvgIpc) is 3.25. The van der Waals surface area contributed by atoms with Gasteiger partial charge in [-0.2, -0.15) is 5.10 Å². The Hall–Kier alpha value is -2.47. The fourth-order valence-electron chi connectivity index (χ4n) is 3.75. The monoisotopic (exact) mass is 354 g/mol. The highest BCUT2D eigenvalue weighted by Gasteiger charge is 2.29. The predicted molar refractivity (Wildman–Crippen MR) is 97.0 cm³/mol. The van der Waals surface area contributed by atoms with Crippen LogP contribution in [0.2, 0.25) is 0 Å². The molecule has 2 aromatic heterocycles. The lowest BCUT2D eigenvalue weighted by atomic mass is 9.95. The third-order valence-electron chi connectivity index (χ3n) is 5.35. The number of halogens is 1. The van der Waals surface area contributed by atoms with Crippen molar-refractivity contribution in [3.05, 3.63) is 58.8 Å². The highest BCUT2D eigenvalue weighted by atomic mass is 19.1. The lowest BCUT2D eigenvalue weighted by Crippen LogP contribution is -2.33. The first-order valence-electron chi connectivity index (χ1n) is 9.09. The zero-order valence-electron chi connectivity index (χ0n) is 15.1. The van der Waals surface area contributed by atoms with Gasteiger partial charge in [0.1, 0.15) is 5.82 Å². The highest BCUT2D eigenvalue weighted by Crippen LogP contribution is 2.37. The van der Waals surface area contributed by atoms with Crippen LogP contribution in [0.5, 0.6) is 0 Å². The van der Waals surface area contributed by atoms with Crippen molar-refractivity contribution >= 4 is 0 Å². The van der Waals surface area contributed by atoms with Crippen molar-refractivity contribution in [3.63, 3.8) is 0 Å². The van der Waals surface area contributed by atoms with E-state index in [1.165, 1.54) is 6.07 Å². The maximum absolute atomic E-state index is 14.1. The van der Waals surface area contributed by atoms with E-state index >= 15 is 0 Å². The van der Waals surface area contributed by atoms with Crippen LogP contribution >= 0.6 is 0 Å². The van der Waals surface area contributed by atoms with Gasteiger partial charge in [0.15, 0.2) is 5.76 Å². The van der Waals surface area contributed by atoms with Gasteiger partial charge in [-0.15, -0.1) is 0 Å². The topological polar surface area (TPSA) is 58.0 Å². The molecule has 0 spiro atoms. The van der Waals surface area contributed by atoms with Crippen molar-refractivity contribution in [1.82, 2.24) is 20.3 Å². The third-order valence-corrected chi connectivity index (χ3v) is 5.35. The molecule has 3 aromatic rings. The van der Waals surface area contributed by atoms with Gasteiger partial charge >= 0.3 is 0 Å². The van der Waals surface area contributed by atoms with Crippen LogP contribution < -0.4 is 0 Å². The smallest absolute Gasteiger partial charge is 0.173 e. The summed E-state index contributed by atoms with van der Waals surface area (Å²) in [5.41, 5.74) is 4.63. The van der Waals surface area contributed by atoms with Crippen LogP contribution in [-0.4, -0.2) is 26.8 Å². The molecule has 26 heavy (non-hydrogen) atoms. The number of aromatic amines is 1. The van der Waals surface area contributed by atoms with Crippen LogP contribution in [0, 0.1) is 19.7 Å². The molecule has 3 heterocycles. The first-order valence-corrected chi connectivity index (χ1v) is 9.09. The molecule has 1 N–H and O–H groups in total. The molecule has 5 nitrogen and oxygen atoms in total. The van der Waals surface area contributed by atoms with Crippen molar-refractivity contribution in [1.29, 1.82) is 0 Å². The second-order valence-electron chi connectivity index (χ2n) is 6.99. The largest absolute Gasteiger partial charge is 0.356 e. The van der Waals surface area contributed by atoms with Crippen molar-refractivity contribution in [2.75, 3.05) is 6.54 Å². The molecule has 6 heteroatoms. The Morgan fingerprint density at radius 2 is 2.12 bits per heavy atom. The summed E-state index contributed by atoms with van der Waals surface area (Å²) < 4.78 is 19.7. The van der Waals surface area contributed by atoms with E-state index in [4.69, 9.17) is 4.52 Å². The molecule has 4 rings (SSSR count). The maximum Gasteiger partial charge on any atom is 0.173 e. The van der Waals surface area contributed by atoms with E-state index in [2.05, 4.69) is 20.3 Å². The Labute approximate surface area is 152 Å². The zero-order chi connectivity index (χ0) is 18.1. The zero-order valence-corrected chi connectivity index (χ0v) is 15.1. The molecule has 1 aromatic carbocycles. The van der Waals surface area contributed by atoms with E-state index < -0.39 is 0 Å². The molecule has 0 aliphatic carbocycles. The molecule has 1 aliphatic rings. The number of nitrogens with one attached hydrogen (secondary N) is 1. The Balaban J connectivity index is 1.67. The molecular formula is C20H23FN4O. The van der Waals surface area contributed by atoms with Crippen molar-refractivity contribution in [2.45, 2.75) is 45.7 Å². The lowest BCUT2D eigenvalue weighted by molar-refractivity contribution is 0.136. The van der Waals surface area contributed by atoms with Crippen LogP contribution in [0.1, 0.15) is 47.8 Å². The van der Waals surface area contributed by atoms with E-state index in [1.807, 2.05) is 26.0 Å². The van der Waals surface area contributed by atoms with Gasteiger partial charge < -0.3 is 4.52 Å². The molecule has 1 saturated heterocycles. The number of rotatable bonds is 4. The molecule has 0 saturated carbocycles. The number of hydrogen-bond donors (Lipinski definition) is 1. The Bertz CT molecular complexity index is 901. The number of benzene rings is 1. The quantitative estimate of drug-likeness (QED) is 0.747. The highest BCUT2D eigenvalue weighted by molar-refractivity contribution is 5.64. The van der Waals surface area contributed by atoms with Gasteiger partial charge in [-0.1, -0.05) is 29.8 Å². The summed E-state index contributed by atoms with van der Waals surface area (Å²) in [5, 5.41) is 11.5. The molecular weight excluding hydrogens is 331 g/mol. The molecule has 1 atom stereocenters. The molecule has 1 unspecified atom stereocenters. The van der Waals surface area contributed by atoms with Gasteiger partial charge in [0.25, 0.3) is 0 Å². The fraction of sp³-hybridized carbons (Fsp3) is 0.400. The summed E-state index contributed by atoms with van der Waals surface area (Å²) in [6, 6.07) is 7.16. The third kappa shape index (κ3) is 3.05. The molecule has 1 fully saturated rings. The summed E-state index contributed by atoms with van der Waals surface area (Å²) in [5.74, 6) is 0.617. The van der Waals surface area contributed by atoms with Crippen molar-refractivity contribution in [2.24, 2.45) is 0 Å². The minimum Gasteiger partial charge on any atom is -0.356 e. The van der Waals surface area contributed by atoms with E-state index in [9.17, 15) is 4.39 Å². The number of aromatic nitrogens is 3.